The maximum atomic E-state index is 10.7. The van der Waals surface area contributed by atoms with E-state index in [0.717, 1.165) is 12.8 Å². The Balaban J connectivity index is 2.27. The number of nitrogens with two attached hydrogens (primary N) is 1. The Labute approximate surface area is 74.6 Å². The normalized spacial score (nSPS) is 21.0. The summed E-state index contributed by atoms with van der Waals surface area (Å²) in [6.45, 7) is 0. The largest absolute Gasteiger partial charge is 0.480 e. The lowest BCUT2D eigenvalue weighted by atomic mass is 9.95. The molecule has 1 aromatic rings. The molecule has 1 fully saturated rings. The molecule has 0 bridgehead atoms. The van der Waals surface area contributed by atoms with Gasteiger partial charge >= 0.3 is 5.97 Å². The van der Waals surface area contributed by atoms with Crippen molar-refractivity contribution in [3.05, 3.63) is 18.4 Å². The predicted molar refractivity (Wildman–Crippen MR) is 43.0 cm³/mol. The Morgan fingerprint density at radius 3 is 2.85 bits per heavy atom. The standard InChI is InChI=1S/C8H10N2O3/c9-6(7(11)12)8(1-2-8)5-3-10-4-13-5/h3-4,6H,1-2,9H2,(H,11,12). The summed E-state index contributed by atoms with van der Waals surface area (Å²) in [4.78, 5) is 14.4. The van der Waals surface area contributed by atoms with Crippen molar-refractivity contribution in [2.24, 2.45) is 5.73 Å². The maximum Gasteiger partial charge on any atom is 0.321 e. The zero-order chi connectivity index (χ0) is 9.47. The van der Waals surface area contributed by atoms with Crippen LogP contribution in [0.25, 0.3) is 0 Å². The molecule has 1 unspecified atom stereocenters. The molecule has 1 aromatic heterocycles. The summed E-state index contributed by atoms with van der Waals surface area (Å²) in [6, 6.07) is -0.888. The van der Waals surface area contributed by atoms with Crippen molar-refractivity contribution in [2.45, 2.75) is 24.3 Å². The Bertz CT molecular complexity index is 316. The van der Waals surface area contributed by atoms with E-state index >= 15 is 0 Å². The number of oxazole rings is 1. The molecule has 5 heteroatoms. The maximum absolute atomic E-state index is 10.7. The van der Waals surface area contributed by atoms with Gasteiger partial charge in [-0.25, -0.2) is 4.98 Å². The highest BCUT2D eigenvalue weighted by atomic mass is 16.4. The van der Waals surface area contributed by atoms with E-state index in [-0.39, 0.29) is 0 Å². The zero-order valence-electron chi connectivity index (χ0n) is 6.93. The highest BCUT2D eigenvalue weighted by Crippen LogP contribution is 2.50. The molecule has 1 heterocycles. The fourth-order valence-electron chi connectivity index (χ4n) is 1.54. The molecule has 1 saturated carbocycles. The molecular formula is C8H10N2O3. The van der Waals surface area contributed by atoms with E-state index in [4.69, 9.17) is 15.3 Å². The van der Waals surface area contributed by atoms with E-state index in [1.54, 1.807) is 0 Å². The van der Waals surface area contributed by atoms with Gasteiger partial charge in [0.2, 0.25) is 0 Å². The van der Waals surface area contributed by atoms with Gasteiger partial charge in [-0.05, 0) is 12.8 Å². The van der Waals surface area contributed by atoms with Crippen molar-refractivity contribution < 1.29 is 14.3 Å². The number of aromatic nitrogens is 1. The fourth-order valence-corrected chi connectivity index (χ4v) is 1.54. The lowest BCUT2D eigenvalue weighted by molar-refractivity contribution is -0.139. The predicted octanol–water partition coefficient (Wildman–Crippen LogP) is 0.118. The first-order valence-electron chi connectivity index (χ1n) is 4.04. The highest BCUT2D eigenvalue weighted by Gasteiger charge is 2.55. The molecule has 13 heavy (non-hydrogen) atoms. The summed E-state index contributed by atoms with van der Waals surface area (Å²) < 4.78 is 5.08. The highest BCUT2D eigenvalue weighted by molar-refractivity contribution is 5.76. The van der Waals surface area contributed by atoms with E-state index in [0.29, 0.717) is 5.76 Å². The Hall–Kier alpha value is -1.36. The van der Waals surface area contributed by atoms with Crippen LogP contribution in [0.4, 0.5) is 0 Å². The van der Waals surface area contributed by atoms with Crippen LogP contribution in [0.5, 0.6) is 0 Å². The van der Waals surface area contributed by atoms with Crippen molar-refractivity contribution in [1.82, 2.24) is 4.98 Å². The lowest BCUT2D eigenvalue weighted by Crippen LogP contribution is -2.41. The number of rotatable bonds is 3. The van der Waals surface area contributed by atoms with Crippen LogP contribution in [0.15, 0.2) is 17.0 Å². The number of hydrogen-bond acceptors (Lipinski definition) is 4. The Morgan fingerprint density at radius 1 is 1.77 bits per heavy atom. The summed E-state index contributed by atoms with van der Waals surface area (Å²) in [7, 11) is 0. The van der Waals surface area contributed by atoms with Crippen LogP contribution in [-0.2, 0) is 10.2 Å². The van der Waals surface area contributed by atoms with E-state index in [2.05, 4.69) is 4.98 Å². The van der Waals surface area contributed by atoms with Gasteiger partial charge in [-0.2, -0.15) is 0 Å². The summed E-state index contributed by atoms with van der Waals surface area (Å²) in [6.07, 6.45) is 4.35. The molecule has 0 amide bonds. The molecule has 1 aliphatic carbocycles. The average Bonchev–Trinajstić information content (AvgIpc) is 2.72. The number of carboxylic acid groups (broad SMARTS) is 1. The van der Waals surface area contributed by atoms with Crippen molar-refractivity contribution in [3.8, 4) is 0 Å². The van der Waals surface area contributed by atoms with Gasteiger partial charge in [0.25, 0.3) is 0 Å². The summed E-state index contributed by atoms with van der Waals surface area (Å²) in [5, 5.41) is 8.77. The van der Waals surface area contributed by atoms with Crippen LogP contribution < -0.4 is 5.73 Å². The number of aliphatic carboxylic acids is 1. The minimum absolute atomic E-state index is 0.498. The first kappa shape index (κ1) is 8.25. The number of hydrogen-bond donors (Lipinski definition) is 2. The zero-order valence-corrected chi connectivity index (χ0v) is 6.93. The minimum Gasteiger partial charge on any atom is -0.480 e. The first-order chi connectivity index (χ1) is 6.17. The van der Waals surface area contributed by atoms with Crippen LogP contribution in [-0.4, -0.2) is 22.1 Å². The SMILES string of the molecule is NC(C(=O)O)C1(c2cnco2)CC1. The molecular weight excluding hydrogens is 172 g/mol. The van der Waals surface area contributed by atoms with Crippen molar-refractivity contribution >= 4 is 5.97 Å². The second-order valence-electron chi connectivity index (χ2n) is 3.34. The van der Waals surface area contributed by atoms with Crippen LogP contribution in [0.1, 0.15) is 18.6 Å². The molecule has 70 valence electrons. The van der Waals surface area contributed by atoms with Crippen LogP contribution in [0, 0.1) is 0 Å². The molecule has 0 aliphatic heterocycles. The molecule has 1 atom stereocenters. The van der Waals surface area contributed by atoms with Gasteiger partial charge in [0.05, 0.1) is 11.6 Å². The second kappa shape index (κ2) is 2.56. The van der Waals surface area contributed by atoms with Gasteiger partial charge in [-0.3, -0.25) is 4.79 Å². The molecule has 1 aliphatic rings. The number of carbonyl (C=O) groups is 1. The van der Waals surface area contributed by atoms with E-state index in [1.165, 1.54) is 12.6 Å². The van der Waals surface area contributed by atoms with Gasteiger partial charge in [-0.1, -0.05) is 0 Å². The van der Waals surface area contributed by atoms with Crippen molar-refractivity contribution in [3.63, 3.8) is 0 Å². The molecule has 0 radical (unpaired) electrons. The third kappa shape index (κ3) is 1.12. The van der Waals surface area contributed by atoms with Crippen LogP contribution in [0.2, 0.25) is 0 Å². The van der Waals surface area contributed by atoms with Crippen molar-refractivity contribution in [2.75, 3.05) is 0 Å². The summed E-state index contributed by atoms with van der Waals surface area (Å²) in [5.41, 5.74) is 5.06. The summed E-state index contributed by atoms with van der Waals surface area (Å²) >= 11 is 0. The van der Waals surface area contributed by atoms with Gasteiger partial charge < -0.3 is 15.3 Å². The van der Waals surface area contributed by atoms with Gasteiger partial charge in [-0.15, -0.1) is 0 Å². The van der Waals surface area contributed by atoms with Crippen LogP contribution in [0.3, 0.4) is 0 Å². The molecule has 0 aromatic carbocycles. The fraction of sp³-hybridized carbons (Fsp3) is 0.500. The van der Waals surface area contributed by atoms with Gasteiger partial charge in [0, 0.05) is 0 Å². The third-order valence-corrected chi connectivity index (χ3v) is 2.57. The second-order valence-corrected chi connectivity index (χ2v) is 3.34. The van der Waals surface area contributed by atoms with E-state index in [1.807, 2.05) is 0 Å². The first-order valence-corrected chi connectivity index (χ1v) is 4.04. The Kier molecular flexibility index (Phi) is 1.63. The molecule has 0 saturated heterocycles. The van der Waals surface area contributed by atoms with Gasteiger partial charge in [0.15, 0.2) is 6.39 Å². The third-order valence-electron chi connectivity index (χ3n) is 2.57. The van der Waals surface area contributed by atoms with E-state index < -0.39 is 17.4 Å². The van der Waals surface area contributed by atoms with E-state index in [9.17, 15) is 4.79 Å². The monoisotopic (exact) mass is 182 g/mol. The Morgan fingerprint density at radius 2 is 2.46 bits per heavy atom. The molecule has 5 nitrogen and oxygen atoms in total. The minimum atomic E-state index is -0.992. The molecule has 3 N–H and O–H groups in total. The smallest absolute Gasteiger partial charge is 0.321 e. The number of carboxylic acids is 1. The molecule has 2 rings (SSSR count). The number of nitrogens with zero attached hydrogens (tertiary/aromatic N) is 1. The quantitative estimate of drug-likeness (QED) is 0.692. The van der Waals surface area contributed by atoms with Crippen molar-refractivity contribution in [1.29, 1.82) is 0 Å². The average molecular weight is 182 g/mol. The van der Waals surface area contributed by atoms with Gasteiger partial charge in [0.1, 0.15) is 11.8 Å². The lowest BCUT2D eigenvalue weighted by Gasteiger charge is -2.15. The topological polar surface area (TPSA) is 89.4 Å². The summed E-state index contributed by atoms with van der Waals surface area (Å²) in [5.74, 6) is -0.406. The molecule has 0 spiro atoms. The van der Waals surface area contributed by atoms with Crippen LogP contribution >= 0.6 is 0 Å².